The van der Waals surface area contributed by atoms with E-state index in [1.165, 1.54) is 0 Å². The van der Waals surface area contributed by atoms with Gasteiger partial charge >= 0.3 is 5.97 Å². The lowest BCUT2D eigenvalue weighted by Crippen LogP contribution is -2.29. The first kappa shape index (κ1) is 18.0. The first-order chi connectivity index (χ1) is 10.7. The second-order valence-electron chi connectivity index (χ2n) is 8.08. The Morgan fingerprint density at radius 1 is 1.00 bits per heavy atom. The first-order valence-electron chi connectivity index (χ1n) is 8.64. The van der Waals surface area contributed by atoms with Crippen molar-refractivity contribution in [2.24, 2.45) is 11.3 Å². The van der Waals surface area contributed by atoms with E-state index in [-0.39, 0.29) is 12.1 Å². The summed E-state index contributed by atoms with van der Waals surface area (Å²) in [5.41, 5.74) is 4.00. The number of rotatable bonds is 3. The van der Waals surface area contributed by atoms with Gasteiger partial charge in [-0.15, -0.1) is 0 Å². The Labute approximate surface area is 140 Å². The zero-order valence-corrected chi connectivity index (χ0v) is 15.4. The van der Waals surface area contributed by atoms with E-state index in [1.54, 1.807) is 0 Å². The van der Waals surface area contributed by atoms with Crippen molar-refractivity contribution >= 4 is 5.97 Å². The molecule has 3 heteroatoms. The minimum absolute atomic E-state index is 0.0311. The van der Waals surface area contributed by atoms with E-state index in [2.05, 4.69) is 20.8 Å². The van der Waals surface area contributed by atoms with Crippen LogP contribution in [-0.4, -0.2) is 12.1 Å². The summed E-state index contributed by atoms with van der Waals surface area (Å²) in [5.74, 6) is 0.345. The molecule has 1 aromatic rings. The predicted molar refractivity (Wildman–Crippen MR) is 92.4 cm³/mol. The van der Waals surface area contributed by atoms with Crippen LogP contribution in [0.2, 0.25) is 0 Å². The molecule has 0 atom stereocenters. The monoisotopic (exact) mass is 318 g/mol. The molecule has 0 bridgehead atoms. The Morgan fingerprint density at radius 2 is 1.52 bits per heavy atom. The lowest BCUT2D eigenvalue weighted by Gasteiger charge is -2.36. The molecule has 0 unspecified atom stereocenters. The molecular weight excluding hydrogens is 288 g/mol. The van der Waals surface area contributed by atoms with Gasteiger partial charge in [-0.1, -0.05) is 38.5 Å². The highest BCUT2D eigenvalue weighted by atomic mass is 17.2. The molecule has 0 aliphatic heterocycles. The van der Waals surface area contributed by atoms with E-state index < -0.39 is 0 Å². The van der Waals surface area contributed by atoms with E-state index in [0.29, 0.717) is 11.0 Å². The van der Waals surface area contributed by atoms with Gasteiger partial charge in [0, 0.05) is 0 Å². The Morgan fingerprint density at radius 3 is 2.00 bits per heavy atom. The predicted octanol–water partition coefficient (Wildman–Crippen LogP) is 5.31. The van der Waals surface area contributed by atoms with Gasteiger partial charge in [-0.2, -0.15) is 4.89 Å². The van der Waals surface area contributed by atoms with Crippen molar-refractivity contribution in [3.05, 3.63) is 34.4 Å². The maximum absolute atomic E-state index is 12.3. The van der Waals surface area contributed by atoms with E-state index in [1.807, 2.05) is 32.9 Å². The second-order valence-corrected chi connectivity index (χ2v) is 8.08. The van der Waals surface area contributed by atoms with Gasteiger partial charge in [0.15, 0.2) is 0 Å². The van der Waals surface area contributed by atoms with Crippen molar-refractivity contribution in [2.75, 3.05) is 0 Å². The van der Waals surface area contributed by atoms with Crippen molar-refractivity contribution in [3.63, 3.8) is 0 Å². The molecule has 2 rings (SSSR count). The van der Waals surface area contributed by atoms with Crippen LogP contribution in [0, 0.1) is 32.1 Å². The van der Waals surface area contributed by atoms with Gasteiger partial charge < -0.3 is 0 Å². The molecule has 1 aliphatic rings. The number of carbonyl (C=O) groups is 1. The van der Waals surface area contributed by atoms with Gasteiger partial charge in [0.25, 0.3) is 0 Å². The van der Waals surface area contributed by atoms with Crippen LogP contribution in [0.4, 0.5) is 0 Å². The quantitative estimate of drug-likeness (QED) is 0.560. The van der Waals surface area contributed by atoms with Gasteiger partial charge in [0.1, 0.15) is 6.10 Å². The van der Waals surface area contributed by atoms with Crippen LogP contribution in [0.1, 0.15) is 73.5 Å². The minimum Gasteiger partial charge on any atom is -0.293 e. The molecule has 1 aromatic carbocycles. The zero-order chi connectivity index (χ0) is 17.2. The Hall–Kier alpha value is -1.35. The van der Waals surface area contributed by atoms with Gasteiger partial charge in [-0.3, -0.25) is 4.89 Å². The SMILES string of the molecule is Cc1cc(C)c(C(=O)OOC2CCC(C(C)(C)C)CC2)c(C)c1. The molecule has 0 saturated heterocycles. The molecule has 3 nitrogen and oxygen atoms in total. The first-order valence-corrected chi connectivity index (χ1v) is 8.64. The summed E-state index contributed by atoms with van der Waals surface area (Å²) in [6, 6.07) is 4.00. The summed E-state index contributed by atoms with van der Waals surface area (Å²) in [6.07, 6.45) is 4.22. The average molecular weight is 318 g/mol. The van der Waals surface area contributed by atoms with Crippen LogP contribution >= 0.6 is 0 Å². The molecule has 23 heavy (non-hydrogen) atoms. The topological polar surface area (TPSA) is 35.5 Å². The summed E-state index contributed by atoms with van der Waals surface area (Å²) >= 11 is 0. The molecule has 128 valence electrons. The highest BCUT2D eigenvalue weighted by Gasteiger charge is 2.31. The summed E-state index contributed by atoms with van der Waals surface area (Å²) in [5, 5.41) is 0. The normalized spacial score (nSPS) is 22.0. The maximum Gasteiger partial charge on any atom is 0.373 e. The van der Waals surface area contributed by atoms with Crippen LogP contribution in [0.25, 0.3) is 0 Å². The van der Waals surface area contributed by atoms with Gasteiger partial charge in [0.05, 0.1) is 5.56 Å². The van der Waals surface area contributed by atoms with Crippen LogP contribution in [0.3, 0.4) is 0 Å². The molecule has 0 aromatic heterocycles. The van der Waals surface area contributed by atoms with Crippen LogP contribution in [-0.2, 0) is 9.78 Å². The van der Waals surface area contributed by atoms with Gasteiger partial charge in [-0.05, 0) is 68.9 Å². The van der Waals surface area contributed by atoms with E-state index in [9.17, 15) is 4.79 Å². The molecule has 0 spiro atoms. The summed E-state index contributed by atoms with van der Waals surface area (Å²) in [4.78, 5) is 22.9. The minimum atomic E-state index is -0.377. The highest BCUT2D eigenvalue weighted by molar-refractivity contribution is 5.92. The van der Waals surface area contributed by atoms with E-state index in [0.717, 1.165) is 48.3 Å². The molecule has 1 fully saturated rings. The standard InChI is InChI=1S/C20H30O3/c1-13-11-14(2)18(15(3)12-13)19(21)23-22-17-9-7-16(8-10-17)20(4,5)6/h11-12,16-17H,7-10H2,1-6H3. The molecule has 0 amide bonds. The largest absolute Gasteiger partial charge is 0.373 e. The number of carbonyl (C=O) groups excluding carboxylic acids is 1. The molecule has 0 radical (unpaired) electrons. The smallest absolute Gasteiger partial charge is 0.293 e. The highest BCUT2D eigenvalue weighted by Crippen LogP contribution is 2.38. The third-order valence-corrected chi connectivity index (χ3v) is 5.04. The van der Waals surface area contributed by atoms with Crippen LogP contribution in [0.5, 0.6) is 0 Å². The van der Waals surface area contributed by atoms with Crippen molar-refractivity contribution in [1.29, 1.82) is 0 Å². The van der Waals surface area contributed by atoms with E-state index in [4.69, 9.17) is 9.78 Å². The molecule has 0 N–H and O–H groups in total. The number of hydrogen-bond donors (Lipinski definition) is 0. The average Bonchev–Trinajstić information content (AvgIpc) is 2.43. The second kappa shape index (κ2) is 7.04. The maximum atomic E-state index is 12.3. The summed E-state index contributed by atoms with van der Waals surface area (Å²) < 4.78 is 0. The van der Waals surface area contributed by atoms with Crippen molar-refractivity contribution in [2.45, 2.75) is 73.3 Å². The van der Waals surface area contributed by atoms with E-state index >= 15 is 0 Å². The fraction of sp³-hybridized carbons (Fsp3) is 0.650. The Bertz CT molecular complexity index is 538. The zero-order valence-electron chi connectivity index (χ0n) is 15.4. The van der Waals surface area contributed by atoms with Crippen LogP contribution in [0.15, 0.2) is 12.1 Å². The van der Waals surface area contributed by atoms with Crippen molar-refractivity contribution in [1.82, 2.24) is 0 Å². The number of benzene rings is 1. The molecule has 0 heterocycles. The lowest BCUT2D eigenvalue weighted by molar-refractivity contribution is -0.281. The molecule has 1 saturated carbocycles. The summed E-state index contributed by atoms with van der Waals surface area (Å²) in [6.45, 7) is 12.8. The molecular formula is C20H30O3. The summed E-state index contributed by atoms with van der Waals surface area (Å²) in [7, 11) is 0. The van der Waals surface area contributed by atoms with Crippen molar-refractivity contribution < 1.29 is 14.6 Å². The Kier molecular flexibility index (Phi) is 5.51. The fourth-order valence-corrected chi connectivity index (χ4v) is 3.68. The lowest BCUT2D eigenvalue weighted by atomic mass is 9.72. The third-order valence-electron chi connectivity index (χ3n) is 5.04. The Balaban J connectivity index is 1.89. The van der Waals surface area contributed by atoms with Gasteiger partial charge in [0.2, 0.25) is 0 Å². The number of aryl methyl sites for hydroxylation is 3. The fourth-order valence-electron chi connectivity index (χ4n) is 3.68. The van der Waals surface area contributed by atoms with Crippen LogP contribution < -0.4 is 0 Å². The third kappa shape index (κ3) is 4.57. The van der Waals surface area contributed by atoms with Gasteiger partial charge in [-0.25, -0.2) is 4.79 Å². The number of hydrogen-bond acceptors (Lipinski definition) is 3. The molecule has 1 aliphatic carbocycles. The van der Waals surface area contributed by atoms with Crippen molar-refractivity contribution in [3.8, 4) is 0 Å².